The Morgan fingerprint density at radius 3 is 1.84 bits per heavy atom. The molecule has 6 heteroatoms. The standard InChI is InChI=1S/C13H5F4NO/c14-8-3-9(15)5-10(4-8)19-13-11(16)1-7(6-18)2-12(13)17/h1-5H. The molecule has 0 saturated carbocycles. The highest BCUT2D eigenvalue weighted by molar-refractivity contribution is 5.40. The predicted octanol–water partition coefficient (Wildman–Crippen LogP) is 3.91. The van der Waals surface area contributed by atoms with Crippen LogP contribution in [0.5, 0.6) is 11.5 Å². The Labute approximate surface area is 105 Å². The third-order valence-corrected chi connectivity index (χ3v) is 2.18. The molecule has 19 heavy (non-hydrogen) atoms. The van der Waals surface area contributed by atoms with Crippen LogP contribution in [-0.2, 0) is 0 Å². The summed E-state index contributed by atoms with van der Waals surface area (Å²) < 4.78 is 57.5. The number of nitrogens with zero attached hydrogens (tertiary/aromatic N) is 1. The topological polar surface area (TPSA) is 33.0 Å². The maximum absolute atomic E-state index is 13.5. The van der Waals surface area contributed by atoms with Crippen molar-refractivity contribution in [2.24, 2.45) is 0 Å². The van der Waals surface area contributed by atoms with E-state index in [1.807, 2.05) is 0 Å². The third kappa shape index (κ3) is 2.83. The molecule has 2 rings (SSSR count). The summed E-state index contributed by atoms with van der Waals surface area (Å²) in [5.74, 6) is -5.37. The molecule has 2 aromatic carbocycles. The van der Waals surface area contributed by atoms with E-state index in [2.05, 4.69) is 0 Å². The van der Waals surface area contributed by atoms with E-state index in [9.17, 15) is 17.6 Å². The molecule has 0 aliphatic heterocycles. The fourth-order valence-corrected chi connectivity index (χ4v) is 1.43. The molecule has 0 aliphatic carbocycles. The van der Waals surface area contributed by atoms with Gasteiger partial charge in [-0.25, -0.2) is 17.6 Å². The Morgan fingerprint density at radius 2 is 1.37 bits per heavy atom. The number of rotatable bonds is 2. The molecule has 0 amide bonds. The normalized spacial score (nSPS) is 10.1. The summed E-state index contributed by atoms with van der Waals surface area (Å²) >= 11 is 0. The van der Waals surface area contributed by atoms with E-state index in [0.29, 0.717) is 6.07 Å². The quantitative estimate of drug-likeness (QED) is 0.773. The zero-order valence-electron chi connectivity index (χ0n) is 9.25. The van der Waals surface area contributed by atoms with Gasteiger partial charge in [-0.15, -0.1) is 0 Å². The van der Waals surface area contributed by atoms with Crippen LogP contribution in [0.4, 0.5) is 17.6 Å². The van der Waals surface area contributed by atoms with Crippen molar-refractivity contribution in [3.63, 3.8) is 0 Å². The average Bonchev–Trinajstić information content (AvgIpc) is 2.32. The van der Waals surface area contributed by atoms with E-state index in [1.165, 1.54) is 0 Å². The SMILES string of the molecule is N#Cc1cc(F)c(Oc2cc(F)cc(F)c2)c(F)c1. The van der Waals surface area contributed by atoms with Gasteiger partial charge >= 0.3 is 0 Å². The van der Waals surface area contributed by atoms with Crippen molar-refractivity contribution in [1.29, 1.82) is 5.26 Å². The molecule has 0 heterocycles. The van der Waals surface area contributed by atoms with Gasteiger partial charge in [-0.05, 0) is 12.1 Å². The molecule has 0 fully saturated rings. The maximum atomic E-state index is 13.5. The van der Waals surface area contributed by atoms with Crippen LogP contribution in [0.2, 0.25) is 0 Å². The highest BCUT2D eigenvalue weighted by atomic mass is 19.1. The summed E-state index contributed by atoms with van der Waals surface area (Å²) in [7, 11) is 0. The molecular weight excluding hydrogens is 262 g/mol. The smallest absolute Gasteiger partial charge is 0.198 e. The zero-order valence-corrected chi connectivity index (χ0v) is 9.25. The highest BCUT2D eigenvalue weighted by Crippen LogP contribution is 2.29. The van der Waals surface area contributed by atoms with E-state index in [0.717, 1.165) is 24.3 Å². The molecule has 0 unspecified atom stereocenters. The molecule has 0 bridgehead atoms. The third-order valence-electron chi connectivity index (χ3n) is 2.18. The van der Waals surface area contributed by atoms with Crippen LogP contribution in [0, 0.1) is 34.6 Å². The summed E-state index contributed by atoms with van der Waals surface area (Å²) in [5.41, 5.74) is -0.229. The van der Waals surface area contributed by atoms with Gasteiger partial charge < -0.3 is 4.74 Å². The number of benzene rings is 2. The van der Waals surface area contributed by atoms with Crippen LogP contribution in [0.25, 0.3) is 0 Å². The largest absolute Gasteiger partial charge is 0.451 e. The molecule has 0 radical (unpaired) electrons. The minimum absolute atomic E-state index is 0.229. The maximum Gasteiger partial charge on any atom is 0.198 e. The summed E-state index contributed by atoms with van der Waals surface area (Å²) in [5, 5.41) is 8.52. The molecule has 2 aromatic rings. The van der Waals surface area contributed by atoms with Crippen molar-refractivity contribution in [1.82, 2.24) is 0 Å². The van der Waals surface area contributed by atoms with Crippen LogP contribution in [0.3, 0.4) is 0 Å². The lowest BCUT2D eigenvalue weighted by molar-refractivity contribution is 0.402. The monoisotopic (exact) mass is 267 g/mol. The Balaban J connectivity index is 2.41. The predicted molar refractivity (Wildman–Crippen MR) is 57.5 cm³/mol. The molecule has 0 saturated heterocycles. The van der Waals surface area contributed by atoms with Crippen molar-refractivity contribution in [3.8, 4) is 17.6 Å². The summed E-state index contributed by atoms with van der Waals surface area (Å²) in [6.07, 6.45) is 0. The molecule has 2 nitrogen and oxygen atoms in total. The number of hydrogen-bond acceptors (Lipinski definition) is 2. The number of hydrogen-bond donors (Lipinski definition) is 0. The van der Waals surface area contributed by atoms with E-state index in [4.69, 9.17) is 10.00 Å². The molecule has 0 aliphatic rings. The second-order valence-corrected chi connectivity index (χ2v) is 3.59. The number of ether oxygens (including phenoxy) is 1. The lowest BCUT2D eigenvalue weighted by Crippen LogP contribution is -1.95. The van der Waals surface area contributed by atoms with Crippen molar-refractivity contribution >= 4 is 0 Å². The molecule has 0 spiro atoms. The molecule has 0 aromatic heterocycles. The van der Waals surface area contributed by atoms with E-state index < -0.39 is 29.0 Å². The van der Waals surface area contributed by atoms with Gasteiger partial charge in [0.05, 0.1) is 11.6 Å². The molecule has 0 atom stereocenters. The molecule has 96 valence electrons. The molecule has 0 N–H and O–H groups in total. The first-order chi connectivity index (χ1) is 8.99. The van der Waals surface area contributed by atoms with Gasteiger partial charge in [0.15, 0.2) is 17.4 Å². The lowest BCUT2D eigenvalue weighted by Gasteiger charge is -2.08. The number of nitriles is 1. The second-order valence-electron chi connectivity index (χ2n) is 3.59. The summed E-state index contributed by atoms with van der Waals surface area (Å²) in [6, 6.07) is 5.23. The summed E-state index contributed by atoms with van der Waals surface area (Å²) in [4.78, 5) is 0. The minimum atomic E-state index is -1.14. The number of halogens is 4. The average molecular weight is 267 g/mol. The van der Waals surface area contributed by atoms with Gasteiger partial charge in [0, 0.05) is 18.2 Å². The van der Waals surface area contributed by atoms with Crippen molar-refractivity contribution in [2.75, 3.05) is 0 Å². The van der Waals surface area contributed by atoms with Crippen LogP contribution >= 0.6 is 0 Å². The van der Waals surface area contributed by atoms with Crippen molar-refractivity contribution < 1.29 is 22.3 Å². The van der Waals surface area contributed by atoms with Gasteiger partial charge in [0.2, 0.25) is 0 Å². The Hall–Kier alpha value is -2.55. The van der Waals surface area contributed by atoms with Crippen LogP contribution < -0.4 is 4.74 Å². The first-order valence-electron chi connectivity index (χ1n) is 5.02. The van der Waals surface area contributed by atoms with Gasteiger partial charge in [0.25, 0.3) is 0 Å². The Morgan fingerprint density at radius 1 is 0.842 bits per heavy atom. The van der Waals surface area contributed by atoms with E-state index >= 15 is 0 Å². The van der Waals surface area contributed by atoms with Crippen LogP contribution in [0.15, 0.2) is 30.3 Å². The van der Waals surface area contributed by atoms with Gasteiger partial charge in [0.1, 0.15) is 17.4 Å². The minimum Gasteiger partial charge on any atom is -0.451 e. The van der Waals surface area contributed by atoms with E-state index in [1.54, 1.807) is 6.07 Å². The highest BCUT2D eigenvalue weighted by Gasteiger charge is 2.14. The fourth-order valence-electron chi connectivity index (χ4n) is 1.43. The molecular formula is C13H5F4NO. The Bertz CT molecular complexity index is 636. The summed E-state index contributed by atoms with van der Waals surface area (Å²) in [6.45, 7) is 0. The van der Waals surface area contributed by atoms with Crippen LogP contribution in [0.1, 0.15) is 5.56 Å². The van der Waals surface area contributed by atoms with Gasteiger partial charge in [-0.2, -0.15) is 5.26 Å². The lowest BCUT2D eigenvalue weighted by atomic mass is 10.2. The zero-order chi connectivity index (χ0) is 14.0. The first kappa shape index (κ1) is 12.9. The van der Waals surface area contributed by atoms with Crippen LogP contribution in [-0.4, -0.2) is 0 Å². The van der Waals surface area contributed by atoms with Crippen molar-refractivity contribution in [3.05, 3.63) is 59.2 Å². The van der Waals surface area contributed by atoms with Gasteiger partial charge in [-0.3, -0.25) is 0 Å². The second kappa shape index (κ2) is 4.98. The first-order valence-corrected chi connectivity index (χ1v) is 5.02. The fraction of sp³-hybridized carbons (Fsp3) is 0. The van der Waals surface area contributed by atoms with E-state index in [-0.39, 0.29) is 11.3 Å². The Kier molecular flexibility index (Phi) is 3.38. The van der Waals surface area contributed by atoms with Crippen molar-refractivity contribution in [2.45, 2.75) is 0 Å². The van der Waals surface area contributed by atoms with Gasteiger partial charge in [-0.1, -0.05) is 0 Å².